The van der Waals surface area contributed by atoms with Gasteiger partial charge in [0.15, 0.2) is 11.2 Å². The van der Waals surface area contributed by atoms with Crippen LogP contribution in [0.4, 0.5) is 0 Å². The third-order valence-corrected chi connectivity index (χ3v) is 4.32. The van der Waals surface area contributed by atoms with Crippen LogP contribution >= 0.6 is 0 Å². The van der Waals surface area contributed by atoms with Crippen molar-refractivity contribution in [2.24, 2.45) is 0 Å². The number of furan rings is 1. The average molecular weight is 354 g/mol. The molecule has 0 amide bonds. The third-order valence-electron chi connectivity index (χ3n) is 4.32. The van der Waals surface area contributed by atoms with E-state index in [9.17, 15) is 9.90 Å². The summed E-state index contributed by atoms with van der Waals surface area (Å²) in [6.07, 6.45) is 4.41. The van der Waals surface area contributed by atoms with Crippen molar-refractivity contribution in [1.82, 2.24) is 0 Å². The fourth-order valence-corrected chi connectivity index (χ4v) is 2.72. The van der Waals surface area contributed by atoms with Crippen LogP contribution in [-0.2, 0) is 0 Å². The van der Waals surface area contributed by atoms with Gasteiger partial charge in [-0.3, -0.25) is 0 Å². The number of allylic oxidation sites excluding steroid dienone is 1. The highest BCUT2D eigenvalue weighted by Crippen LogP contribution is 2.34. The minimum Gasteiger partial charge on any atom is -0.482 e. The predicted molar refractivity (Wildman–Crippen MR) is 102 cm³/mol. The summed E-state index contributed by atoms with van der Waals surface area (Å²) in [6, 6.07) is 6.83. The first-order valence-corrected chi connectivity index (χ1v) is 8.51. The molecule has 1 aromatic carbocycles. The molecule has 0 aliphatic heterocycles. The molecule has 0 saturated heterocycles. The molecule has 0 unspecified atom stereocenters. The zero-order valence-corrected chi connectivity index (χ0v) is 15.0. The minimum atomic E-state index is -0.491. The van der Waals surface area contributed by atoms with Crippen LogP contribution in [0.3, 0.4) is 0 Å². The summed E-state index contributed by atoms with van der Waals surface area (Å²) in [5, 5.41) is 11.5. The Labute approximate surface area is 151 Å². The Bertz CT molecular complexity index is 1020. The second-order valence-corrected chi connectivity index (χ2v) is 6.48. The summed E-state index contributed by atoms with van der Waals surface area (Å²) < 4.78 is 16.7. The van der Waals surface area contributed by atoms with E-state index in [1.54, 1.807) is 12.3 Å². The molecule has 0 fully saturated rings. The van der Waals surface area contributed by atoms with Gasteiger partial charge in [-0.05, 0) is 51.0 Å². The fourth-order valence-electron chi connectivity index (χ4n) is 2.72. The van der Waals surface area contributed by atoms with Crippen molar-refractivity contribution >= 4 is 21.9 Å². The molecular weight excluding hydrogens is 332 g/mol. The first-order chi connectivity index (χ1) is 12.5. The molecule has 2 heterocycles. The zero-order chi connectivity index (χ0) is 18.7. The number of aliphatic hydroxyl groups excluding tert-OH is 1. The van der Waals surface area contributed by atoms with Crippen LogP contribution in [0.5, 0.6) is 5.75 Å². The van der Waals surface area contributed by atoms with Gasteiger partial charge in [-0.15, -0.1) is 0 Å². The Kier molecular flexibility index (Phi) is 5.28. The molecule has 2 aromatic heterocycles. The molecule has 1 N–H and O–H groups in total. The molecule has 5 heteroatoms. The predicted octanol–water partition coefficient (Wildman–Crippen LogP) is 4.58. The highest BCUT2D eigenvalue weighted by molar-refractivity contribution is 5.99. The lowest BCUT2D eigenvalue weighted by atomic mass is 10.0. The monoisotopic (exact) mass is 354 g/mol. The van der Waals surface area contributed by atoms with Crippen LogP contribution < -0.4 is 10.4 Å². The molecule has 0 saturated carbocycles. The molecule has 0 spiro atoms. The second-order valence-electron chi connectivity index (χ2n) is 6.48. The molecule has 0 aliphatic rings. The topological polar surface area (TPSA) is 72.8 Å². The van der Waals surface area contributed by atoms with E-state index in [0.29, 0.717) is 29.9 Å². The van der Waals surface area contributed by atoms with Gasteiger partial charge in [-0.1, -0.05) is 17.7 Å². The van der Waals surface area contributed by atoms with Crippen molar-refractivity contribution in [3.05, 3.63) is 64.7 Å². The minimum absolute atomic E-state index is 0.308. The molecule has 0 bridgehead atoms. The van der Waals surface area contributed by atoms with Gasteiger partial charge in [0.25, 0.3) is 0 Å². The first kappa shape index (κ1) is 18.0. The Morgan fingerprint density at radius 1 is 1.27 bits per heavy atom. The van der Waals surface area contributed by atoms with Gasteiger partial charge in [-0.25, -0.2) is 4.79 Å². The van der Waals surface area contributed by atoms with Crippen LogP contribution in [0.1, 0.15) is 26.7 Å². The summed E-state index contributed by atoms with van der Waals surface area (Å²) in [5.41, 5.74) is 2.36. The summed E-state index contributed by atoms with van der Waals surface area (Å²) in [6.45, 7) is 7.86. The van der Waals surface area contributed by atoms with Gasteiger partial charge >= 0.3 is 5.63 Å². The average Bonchev–Trinajstić information content (AvgIpc) is 3.07. The molecule has 3 aromatic rings. The summed E-state index contributed by atoms with van der Waals surface area (Å²) >= 11 is 0. The fraction of sp³-hybridized carbons (Fsp3) is 0.286. The molecule has 26 heavy (non-hydrogen) atoms. The van der Waals surface area contributed by atoms with E-state index in [2.05, 4.69) is 6.58 Å². The summed E-state index contributed by atoms with van der Waals surface area (Å²) in [4.78, 5) is 11.6. The van der Waals surface area contributed by atoms with Gasteiger partial charge in [-0.2, -0.15) is 0 Å². The van der Waals surface area contributed by atoms with Gasteiger partial charge < -0.3 is 18.7 Å². The summed E-state index contributed by atoms with van der Waals surface area (Å²) in [7, 11) is 0. The van der Waals surface area contributed by atoms with Crippen molar-refractivity contribution in [2.45, 2.75) is 32.8 Å². The maximum Gasteiger partial charge on any atom is 0.336 e. The van der Waals surface area contributed by atoms with E-state index in [0.717, 1.165) is 28.3 Å². The Morgan fingerprint density at radius 3 is 2.81 bits per heavy atom. The number of hydrogen-bond acceptors (Lipinski definition) is 5. The summed E-state index contributed by atoms with van der Waals surface area (Å²) in [5.74, 6) is 0.422. The van der Waals surface area contributed by atoms with Crippen molar-refractivity contribution in [2.75, 3.05) is 6.61 Å². The number of rotatable bonds is 7. The second kappa shape index (κ2) is 7.62. The highest BCUT2D eigenvalue weighted by atomic mass is 16.5. The van der Waals surface area contributed by atoms with Gasteiger partial charge in [0, 0.05) is 16.8 Å². The zero-order valence-electron chi connectivity index (χ0n) is 15.0. The van der Waals surface area contributed by atoms with Crippen LogP contribution in [0.2, 0.25) is 0 Å². The van der Waals surface area contributed by atoms with E-state index in [4.69, 9.17) is 13.6 Å². The van der Waals surface area contributed by atoms with Crippen LogP contribution in [-0.4, -0.2) is 17.8 Å². The largest absolute Gasteiger partial charge is 0.482 e. The van der Waals surface area contributed by atoms with E-state index in [1.807, 2.05) is 32.1 Å². The number of ether oxygens (including phenoxy) is 1. The molecule has 3 rings (SSSR count). The third kappa shape index (κ3) is 3.89. The van der Waals surface area contributed by atoms with Gasteiger partial charge in [0.05, 0.1) is 12.4 Å². The Morgan fingerprint density at radius 2 is 2.04 bits per heavy atom. The number of fused-ring (bicyclic) bond motifs is 2. The maximum atomic E-state index is 11.6. The number of aliphatic hydroxyl groups is 1. The van der Waals surface area contributed by atoms with Crippen LogP contribution in [0, 0.1) is 0 Å². The lowest BCUT2D eigenvalue weighted by Gasteiger charge is -2.10. The van der Waals surface area contributed by atoms with Crippen molar-refractivity contribution in [1.29, 1.82) is 0 Å². The molecular formula is C21H22O5. The number of hydrogen-bond donors (Lipinski definition) is 1. The van der Waals surface area contributed by atoms with E-state index < -0.39 is 11.7 Å². The van der Waals surface area contributed by atoms with Crippen molar-refractivity contribution < 1.29 is 18.7 Å². The highest BCUT2D eigenvalue weighted by Gasteiger charge is 2.14. The smallest absolute Gasteiger partial charge is 0.336 e. The molecule has 136 valence electrons. The normalized spacial score (nSPS) is 13.3. The molecule has 5 nitrogen and oxygen atoms in total. The molecule has 1 atom stereocenters. The van der Waals surface area contributed by atoms with Gasteiger partial charge in [0.1, 0.15) is 6.61 Å². The quantitative estimate of drug-likeness (QED) is 0.496. The molecule has 0 radical (unpaired) electrons. The van der Waals surface area contributed by atoms with Crippen molar-refractivity contribution in [3.63, 3.8) is 0 Å². The number of benzene rings is 1. The van der Waals surface area contributed by atoms with E-state index in [-0.39, 0.29) is 0 Å². The standard InChI is InChI=1S/C21H22O5/c1-13(2)17(22)6-4-14(3)8-10-25-21-19-16(9-11-24-19)12-15-5-7-18(23)26-20(15)21/h5,7-9,11-12,17,22H,1,4,6,10H2,2-3H3/t17-/m0/s1. The maximum absolute atomic E-state index is 11.6. The lowest BCUT2D eigenvalue weighted by Crippen LogP contribution is -2.07. The van der Waals surface area contributed by atoms with Crippen LogP contribution in [0.25, 0.3) is 21.9 Å². The molecule has 0 aliphatic carbocycles. The van der Waals surface area contributed by atoms with E-state index in [1.165, 1.54) is 6.07 Å². The Balaban J connectivity index is 1.80. The SMILES string of the molecule is C=C(C)[C@@H](O)CCC(C)=CCOc1c2occc2cc2ccc(=O)oc12. The Hall–Kier alpha value is -2.79. The van der Waals surface area contributed by atoms with E-state index >= 15 is 0 Å². The van der Waals surface area contributed by atoms with Gasteiger partial charge in [0.2, 0.25) is 5.75 Å². The van der Waals surface area contributed by atoms with Crippen LogP contribution in [0.15, 0.2) is 68.0 Å². The van der Waals surface area contributed by atoms with Crippen molar-refractivity contribution in [3.8, 4) is 5.75 Å². The first-order valence-electron chi connectivity index (χ1n) is 8.51. The lowest BCUT2D eigenvalue weighted by molar-refractivity contribution is 0.201.